The van der Waals surface area contributed by atoms with Crippen molar-refractivity contribution in [3.05, 3.63) is 65.2 Å². The lowest BCUT2D eigenvalue weighted by Crippen LogP contribution is -2.27. The van der Waals surface area contributed by atoms with E-state index in [1.165, 1.54) is 0 Å². The monoisotopic (exact) mass is 344 g/mol. The van der Waals surface area contributed by atoms with Gasteiger partial charge in [-0.1, -0.05) is 42.5 Å². The van der Waals surface area contributed by atoms with E-state index in [0.717, 1.165) is 28.8 Å². The summed E-state index contributed by atoms with van der Waals surface area (Å²) in [5.41, 5.74) is 3.81. The molecule has 0 saturated carbocycles. The van der Waals surface area contributed by atoms with E-state index in [2.05, 4.69) is 10.0 Å². The number of nitrogens with one attached hydrogen (secondary N) is 2. The van der Waals surface area contributed by atoms with Crippen LogP contribution in [0.25, 0.3) is 0 Å². The fourth-order valence-corrected chi connectivity index (χ4v) is 3.93. The van der Waals surface area contributed by atoms with Crippen molar-refractivity contribution < 1.29 is 13.2 Å². The van der Waals surface area contributed by atoms with Gasteiger partial charge in [-0.2, -0.15) is 0 Å². The zero-order chi connectivity index (χ0) is 17.0. The summed E-state index contributed by atoms with van der Waals surface area (Å²) in [4.78, 5) is 11.4. The molecule has 0 atom stereocenters. The molecule has 6 heteroatoms. The van der Waals surface area contributed by atoms with Crippen LogP contribution in [0.4, 0.5) is 5.69 Å². The van der Waals surface area contributed by atoms with Crippen molar-refractivity contribution in [1.29, 1.82) is 0 Å². The predicted octanol–water partition coefficient (Wildman–Crippen LogP) is 2.23. The molecule has 0 aliphatic carbocycles. The lowest BCUT2D eigenvalue weighted by molar-refractivity contribution is -0.116. The van der Waals surface area contributed by atoms with Gasteiger partial charge in [-0.3, -0.25) is 4.79 Å². The molecule has 1 aliphatic heterocycles. The van der Waals surface area contributed by atoms with Gasteiger partial charge in [0.05, 0.1) is 5.75 Å². The van der Waals surface area contributed by atoms with Crippen molar-refractivity contribution in [1.82, 2.24) is 4.72 Å². The summed E-state index contributed by atoms with van der Waals surface area (Å²) in [6, 6.07) is 15.0. The van der Waals surface area contributed by atoms with Gasteiger partial charge in [0.2, 0.25) is 15.9 Å². The van der Waals surface area contributed by atoms with E-state index in [1.807, 2.05) is 36.4 Å². The third kappa shape index (κ3) is 4.43. The first-order valence-electron chi connectivity index (χ1n) is 7.95. The van der Waals surface area contributed by atoms with Gasteiger partial charge < -0.3 is 5.32 Å². The Hall–Kier alpha value is -2.18. The Morgan fingerprint density at radius 3 is 2.58 bits per heavy atom. The van der Waals surface area contributed by atoms with Crippen LogP contribution >= 0.6 is 0 Å². The third-order valence-electron chi connectivity index (χ3n) is 4.00. The number of carbonyl (C=O) groups is 1. The standard InChI is InChI=1S/C18H20N2O3S/c21-18-9-7-16-12-14(6-8-17(16)20-18)10-11-19-24(22,23)13-15-4-2-1-3-5-15/h1-6,8,12,19H,7,9-11,13H2,(H,20,21). The number of sulfonamides is 1. The van der Waals surface area contributed by atoms with Crippen LogP contribution in [-0.4, -0.2) is 20.9 Å². The minimum Gasteiger partial charge on any atom is -0.326 e. The number of rotatable bonds is 6. The highest BCUT2D eigenvalue weighted by atomic mass is 32.2. The Labute approximate surface area is 142 Å². The van der Waals surface area contributed by atoms with E-state index in [0.29, 0.717) is 19.4 Å². The molecule has 0 aromatic heterocycles. The topological polar surface area (TPSA) is 75.3 Å². The number of hydrogen-bond donors (Lipinski definition) is 2. The normalized spacial score (nSPS) is 14.1. The minimum absolute atomic E-state index is 0.00986. The first-order valence-corrected chi connectivity index (χ1v) is 9.60. The van der Waals surface area contributed by atoms with Crippen LogP contribution in [0.3, 0.4) is 0 Å². The number of aryl methyl sites for hydroxylation is 1. The highest BCUT2D eigenvalue weighted by molar-refractivity contribution is 7.88. The maximum Gasteiger partial charge on any atom is 0.224 e. The summed E-state index contributed by atoms with van der Waals surface area (Å²) in [7, 11) is -3.34. The molecule has 0 spiro atoms. The molecule has 0 fully saturated rings. The van der Waals surface area contributed by atoms with Crippen molar-refractivity contribution in [2.45, 2.75) is 25.0 Å². The SMILES string of the molecule is O=C1CCc2cc(CCNS(=O)(=O)Cc3ccccc3)ccc2N1. The predicted molar refractivity (Wildman–Crippen MR) is 94.2 cm³/mol. The van der Waals surface area contributed by atoms with Gasteiger partial charge in [-0.15, -0.1) is 0 Å². The number of amides is 1. The van der Waals surface area contributed by atoms with Crippen LogP contribution in [0.5, 0.6) is 0 Å². The molecule has 2 aromatic carbocycles. The van der Waals surface area contributed by atoms with Gasteiger partial charge in [0.15, 0.2) is 0 Å². The fourth-order valence-electron chi connectivity index (χ4n) is 2.79. The molecule has 3 rings (SSSR count). The van der Waals surface area contributed by atoms with E-state index < -0.39 is 10.0 Å². The molecule has 1 aliphatic rings. The lowest BCUT2D eigenvalue weighted by Gasteiger charge is -2.17. The van der Waals surface area contributed by atoms with Gasteiger partial charge in [0, 0.05) is 18.7 Å². The molecule has 126 valence electrons. The second kappa shape index (κ2) is 7.15. The van der Waals surface area contributed by atoms with Crippen molar-refractivity contribution in [3.8, 4) is 0 Å². The number of hydrogen-bond acceptors (Lipinski definition) is 3. The van der Waals surface area contributed by atoms with Crippen LogP contribution in [0, 0.1) is 0 Å². The summed E-state index contributed by atoms with van der Waals surface area (Å²) in [6.45, 7) is 0.361. The van der Waals surface area contributed by atoms with Gasteiger partial charge in [-0.05, 0) is 35.6 Å². The maximum absolute atomic E-state index is 12.1. The summed E-state index contributed by atoms with van der Waals surface area (Å²) in [5.74, 6) is 0.0354. The Morgan fingerprint density at radius 2 is 1.79 bits per heavy atom. The highest BCUT2D eigenvalue weighted by Gasteiger charge is 2.15. The number of fused-ring (bicyclic) bond motifs is 1. The molecule has 1 amide bonds. The molecular weight excluding hydrogens is 324 g/mol. The molecule has 2 N–H and O–H groups in total. The van der Waals surface area contributed by atoms with E-state index >= 15 is 0 Å². The van der Waals surface area contributed by atoms with Gasteiger partial charge in [0.1, 0.15) is 0 Å². The summed E-state index contributed by atoms with van der Waals surface area (Å²) >= 11 is 0. The first kappa shape index (κ1) is 16.7. The molecule has 0 radical (unpaired) electrons. The van der Waals surface area contributed by atoms with Gasteiger partial charge >= 0.3 is 0 Å². The van der Waals surface area contributed by atoms with E-state index in [4.69, 9.17) is 0 Å². The van der Waals surface area contributed by atoms with Crippen LogP contribution in [0.2, 0.25) is 0 Å². The Bertz CT molecular complexity index is 833. The van der Waals surface area contributed by atoms with Crippen molar-refractivity contribution in [3.63, 3.8) is 0 Å². The molecule has 0 bridgehead atoms. The van der Waals surface area contributed by atoms with Gasteiger partial charge in [-0.25, -0.2) is 13.1 Å². The lowest BCUT2D eigenvalue weighted by atomic mass is 9.99. The summed E-state index contributed by atoms with van der Waals surface area (Å²) in [6.07, 6.45) is 1.85. The third-order valence-corrected chi connectivity index (χ3v) is 5.36. The Kier molecular flexibility index (Phi) is 4.97. The smallest absolute Gasteiger partial charge is 0.224 e. The second-order valence-corrected chi connectivity index (χ2v) is 7.74. The molecule has 0 unspecified atom stereocenters. The quantitative estimate of drug-likeness (QED) is 0.844. The summed E-state index contributed by atoms with van der Waals surface area (Å²) < 4.78 is 26.8. The Balaban J connectivity index is 1.55. The van der Waals surface area contributed by atoms with Crippen LogP contribution in [-0.2, 0) is 33.4 Å². The molecule has 24 heavy (non-hydrogen) atoms. The molecule has 0 saturated heterocycles. The molecule has 1 heterocycles. The van der Waals surface area contributed by atoms with Gasteiger partial charge in [0.25, 0.3) is 0 Å². The molecular formula is C18H20N2O3S. The Morgan fingerprint density at radius 1 is 1.00 bits per heavy atom. The van der Waals surface area contributed by atoms with Crippen LogP contribution in [0.15, 0.2) is 48.5 Å². The zero-order valence-corrected chi connectivity index (χ0v) is 14.1. The molecule has 2 aromatic rings. The molecule has 5 nitrogen and oxygen atoms in total. The van der Waals surface area contributed by atoms with E-state index in [1.54, 1.807) is 12.1 Å². The van der Waals surface area contributed by atoms with E-state index in [-0.39, 0.29) is 11.7 Å². The van der Waals surface area contributed by atoms with Crippen molar-refractivity contribution in [2.24, 2.45) is 0 Å². The first-order chi connectivity index (χ1) is 11.5. The second-order valence-electron chi connectivity index (χ2n) is 5.93. The number of carbonyl (C=O) groups excluding carboxylic acids is 1. The van der Waals surface area contributed by atoms with Crippen molar-refractivity contribution in [2.75, 3.05) is 11.9 Å². The number of anilines is 1. The van der Waals surface area contributed by atoms with E-state index in [9.17, 15) is 13.2 Å². The average Bonchev–Trinajstić information content (AvgIpc) is 2.55. The summed E-state index contributed by atoms with van der Waals surface area (Å²) in [5, 5.41) is 2.84. The maximum atomic E-state index is 12.1. The number of benzene rings is 2. The minimum atomic E-state index is -3.34. The zero-order valence-electron chi connectivity index (χ0n) is 13.3. The van der Waals surface area contributed by atoms with Crippen molar-refractivity contribution >= 4 is 21.6 Å². The van der Waals surface area contributed by atoms with Crippen LogP contribution in [0.1, 0.15) is 23.1 Å². The van der Waals surface area contributed by atoms with Crippen LogP contribution < -0.4 is 10.0 Å². The highest BCUT2D eigenvalue weighted by Crippen LogP contribution is 2.23. The largest absolute Gasteiger partial charge is 0.326 e. The average molecular weight is 344 g/mol. The fraction of sp³-hybridized carbons (Fsp3) is 0.278.